The Morgan fingerprint density at radius 3 is 2.35 bits per heavy atom. The molecule has 0 bridgehead atoms. The Morgan fingerprint density at radius 2 is 1.76 bits per heavy atom. The minimum absolute atomic E-state index is 0.234. The van der Waals surface area contributed by atoms with E-state index in [-0.39, 0.29) is 35.2 Å². The fourth-order valence-electron chi connectivity index (χ4n) is 4.38. The first-order valence-electron chi connectivity index (χ1n) is 11.1. The van der Waals surface area contributed by atoms with Crippen LogP contribution in [-0.4, -0.2) is 41.9 Å². The third kappa shape index (κ3) is 5.10. The van der Waals surface area contributed by atoms with Crippen molar-refractivity contribution in [3.63, 3.8) is 0 Å². The van der Waals surface area contributed by atoms with Crippen LogP contribution >= 0.6 is 0 Å². The summed E-state index contributed by atoms with van der Waals surface area (Å²) in [6.07, 6.45) is 2.92. The Hall–Kier alpha value is -3.30. The van der Waals surface area contributed by atoms with Gasteiger partial charge in [0.1, 0.15) is 5.82 Å². The van der Waals surface area contributed by atoms with Gasteiger partial charge in [0.05, 0.1) is 11.3 Å². The Balaban J connectivity index is 1.64. The van der Waals surface area contributed by atoms with Crippen LogP contribution in [0.5, 0.6) is 0 Å². The fourth-order valence-corrected chi connectivity index (χ4v) is 5.12. The largest absolute Gasteiger partial charge is 0.355 e. The quantitative estimate of drug-likeness (QED) is 0.489. The van der Waals surface area contributed by atoms with Crippen molar-refractivity contribution in [1.82, 2.24) is 9.88 Å². The molecule has 4 rings (SSSR count). The van der Waals surface area contributed by atoms with Crippen LogP contribution in [-0.2, 0) is 16.5 Å². The van der Waals surface area contributed by atoms with Gasteiger partial charge in [0.25, 0.3) is 5.91 Å². The molecule has 1 amide bonds. The van der Waals surface area contributed by atoms with Crippen LogP contribution in [0.4, 0.5) is 15.8 Å². The number of likely N-dealkylation sites (tertiary alicyclic amines) is 1. The van der Waals surface area contributed by atoms with Crippen molar-refractivity contribution in [3.8, 4) is 0 Å². The van der Waals surface area contributed by atoms with Crippen molar-refractivity contribution in [2.24, 2.45) is 0 Å². The molecular weight excluding hydrogens is 457 g/mol. The highest BCUT2D eigenvalue weighted by molar-refractivity contribution is 7.85. The predicted octanol–water partition coefficient (Wildman–Crippen LogP) is 4.79. The van der Waals surface area contributed by atoms with E-state index in [2.05, 4.69) is 10.3 Å². The third-order valence-corrected chi connectivity index (χ3v) is 6.98. The summed E-state index contributed by atoms with van der Waals surface area (Å²) >= 11 is 0. The average molecular weight is 484 g/mol. The lowest BCUT2D eigenvalue weighted by molar-refractivity contribution is 0.0713. The molecule has 1 saturated heterocycles. The van der Waals surface area contributed by atoms with Crippen LogP contribution in [0.1, 0.15) is 47.2 Å². The van der Waals surface area contributed by atoms with Crippen molar-refractivity contribution in [1.29, 1.82) is 0 Å². The van der Waals surface area contributed by atoms with E-state index in [1.54, 1.807) is 36.1 Å². The van der Waals surface area contributed by atoms with E-state index in [0.717, 1.165) is 18.4 Å². The number of rotatable bonds is 6. The molecule has 2 aromatic carbocycles. The first kappa shape index (κ1) is 23.8. The number of anilines is 2. The molecule has 9 heteroatoms. The molecule has 0 atom stereocenters. The summed E-state index contributed by atoms with van der Waals surface area (Å²) in [7, 11) is -4.57. The lowest BCUT2D eigenvalue weighted by Crippen LogP contribution is -2.38. The maximum absolute atomic E-state index is 13.5. The van der Waals surface area contributed by atoms with Crippen LogP contribution in [0, 0.1) is 5.82 Å². The van der Waals surface area contributed by atoms with E-state index in [0.29, 0.717) is 24.5 Å². The van der Waals surface area contributed by atoms with Gasteiger partial charge in [-0.2, -0.15) is 8.42 Å². The van der Waals surface area contributed by atoms with Gasteiger partial charge >= 0.3 is 10.1 Å². The van der Waals surface area contributed by atoms with Crippen LogP contribution in [0.15, 0.2) is 65.8 Å². The first-order chi connectivity index (χ1) is 16.3. The monoisotopic (exact) mass is 483 g/mol. The van der Waals surface area contributed by atoms with Crippen LogP contribution in [0.3, 0.4) is 0 Å². The van der Waals surface area contributed by atoms with Gasteiger partial charge in [0.15, 0.2) is 5.03 Å². The predicted molar refractivity (Wildman–Crippen MR) is 127 cm³/mol. The zero-order valence-corrected chi connectivity index (χ0v) is 19.6. The molecule has 2 N–H and O–H groups in total. The van der Waals surface area contributed by atoms with Gasteiger partial charge in [0.2, 0.25) is 0 Å². The summed E-state index contributed by atoms with van der Waals surface area (Å²) in [5.41, 5.74) is 2.54. The van der Waals surface area contributed by atoms with E-state index >= 15 is 0 Å². The highest BCUT2D eigenvalue weighted by Crippen LogP contribution is 2.33. The number of hydrogen-bond acceptors (Lipinski definition) is 5. The standard InChI is InChI=1S/C25H26FN3O4S/c1-2-21-23(28-20-6-4-3-5-7-20)22(16-27-24(21)34(31,32)33)25(30)29-14-12-18(13-15-29)17-8-10-19(26)11-9-17/h3-11,16,18H,2,12-15H2,1H3,(H,27,28)(H,31,32,33). The molecule has 1 aliphatic heterocycles. The number of para-hydroxylation sites is 1. The molecule has 7 nitrogen and oxygen atoms in total. The van der Waals surface area contributed by atoms with Crippen LogP contribution < -0.4 is 5.32 Å². The fraction of sp³-hybridized carbons (Fsp3) is 0.280. The van der Waals surface area contributed by atoms with Crippen molar-refractivity contribution in [2.75, 3.05) is 18.4 Å². The Morgan fingerprint density at radius 1 is 1.12 bits per heavy atom. The van der Waals surface area contributed by atoms with Crippen LogP contribution in [0.2, 0.25) is 0 Å². The number of benzene rings is 2. The molecule has 178 valence electrons. The molecule has 0 unspecified atom stereocenters. The van der Waals surface area contributed by atoms with Crippen molar-refractivity contribution >= 4 is 27.4 Å². The SMILES string of the molecule is CCc1c(S(=O)(=O)O)ncc(C(=O)N2CCC(c3ccc(F)cc3)CC2)c1Nc1ccccc1. The number of carbonyl (C=O) groups excluding carboxylic acids is 1. The number of pyridine rings is 1. The van der Waals surface area contributed by atoms with E-state index in [4.69, 9.17) is 0 Å². The zero-order valence-electron chi connectivity index (χ0n) is 18.7. The first-order valence-corrected chi connectivity index (χ1v) is 12.6. The number of hydrogen-bond donors (Lipinski definition) is 2. The second-order valence-electron chi connectivity index (χ2n) is 8.27. The van der Waals surface area contributed by atoms with Crippen molar-refractivity contribution < 1.29 is 22.2 Å². The molecule has 0 spiro atoms. The number of amides is 1. The van der Waals surface area contributed by atoms with Gasteiger partial charge in [-0.15, -0.1) is 0 Å². The molecule has 0 aliphatic carbocycles. The van der Waals surface area contributed by atoms with Gasteiger partial charge in [-0.05, 0) is 55.0 Å². The van der Waals surface area contributed by atoms with Crippen molar-refractivity contribution in [3.05, 3.63) is 83.3 Å². The summed E-state index contributed by atoms with van der Waals surface area (Å²) < 4.78 is 46.8. The van der Waals surface area contributed by atoms with E-state index in [1.165, 1.54) is 18.3 Å². The molecule has 1 fully saturated rings. The minimum atomic E-state index is -4.57. The second-order valence-corrected chi connectivity index (χ2v) is 9.61. The molecule has 0 radical (unpaired) electrons. The van der Waals surface area contributed by atoms with Gasteiger partial charge < -0.3 is 10.2 Å². The van der Waals surface area contributed by atoms with Gasteiger partial charge in [-0.25, -0.2) is 9.37 Å². The number of piperidine rings is 1. The lowest BCUT2D eigenvalue weighted by Gasteiger charge is -2.33. The molecular formula is C25H26FN3O4S. The smallest absolute Gasteiger partial charge is 0.312 e. The van der Waals surface area contributed by atoms with E-state index in [9.17, 15) is 22.2 Å². The maximum Gasteiger partial charge on any atom is 0.312 e. The Labute approximate surface area is 198 Å². The Bertz CT molecular complexity index is 1270. The normalized spacial score (nSPS) is 14.7. The summed E-state index contributed by atoms with van der Waals surface area (Å²) in [5, 5.41) is 2.71. The van der Waals surface area contributed by atoms with Gasteiger partial charge in [0, 0.05) is 30.5 Å². The number of halogens is 1. The highest BCUT2D eigenvalue weighted by atomic mass is 32.2. The molecule has 1 aliphatic rings. The summed E-state index contributed by atoms with van der Waals surface area (Å²) in [5.74, 6) is -0.305. The molecule has 3 aromatic rings. The summed E-state index contributed by atoms with van der Waals surface area (Å²) in [6, 6.07) is 15.5. The van der Waals surface area contributed by atoms with Gasteiger partial charge in [-0.1, -0.05) is 37.3 Å². The zero-order chi connectivity index (χ0) is 24.3. The molecule has 1 aromatic heterocycles. The maximum atomic E-state index is 13.5. The van der Waals surface area contributed by atoms with E-state index < -0.39 is 15.1 Å². The molecule has 0 saturated carbocycles. The highest BCUT2D eigenvalue weighted by Gasteiger charge is 2.29. The molecule has 2 heterocycles. The number of aromatic nitrogens is 1. The summed E-state index contributed by atoms with van der Waals surface area (Å²) in [6.45, 7) is 2.75. The van der Waals surface area contributed by atoms with E-state index in [1.807, 2.05) is 18.2 Å². The average Bonchev–Trinajstić information content (AvgIpc) is 2.84. The Kier molecular flexibility index (Phi) is 6.95. The number of nitrogens with one attached hydrogen (secondary N) is 1. The minimum Gasteiger partial charge on any atom is -0.355 e. The summed E-state index contributed by atoms with van der Waals surface area (Å²) in [4.78, 5) is 19.2. The topological polar surface area (TPSA) is 99.6 Å². The van der Waals surface area contributed by atoms with Crippen LogP contribution in [0.25, 0.3) is 0 Å². The second kappa shape index (κ2) is 9.90. The number of carbonyl (C=O) groups is 1. The van der Waals surface area contributed by atoms with Crippen molar-refractivity contribution in [2.45, 2.75) is 37.1 Å². The molecule has 34 heavy (non-hydrogen) atoms. The van der Waals surface area contributed by atoms with Gasteiger partial charge in [-0.3, -0.25) is 9.35 Å². The number of nitrogens with zero attached hydrogens (tertiary/aromatic N) is 2. The third-order valence-electron chi connectivity index (χ3n) is 6.14. The lowest BCUT2D eigenvalue weighted by atomic mass is 9.89.